The maximum absolute atomic E-state index is 13.0. The Morgan fingerprint density at radius 2 is 2.11 bits per heavy atom. The molecule has 3 aromatic rings. The Morgan fingerprint density at radius 3 is 2.96 bits per heavy atom. The Kier molecular flexibility index (Phi) is 5.39. The predicted octanol–water partition coefficient (Wildman–Crippen LogP) is 4.99. The first-order valence-corrected chi connectivity index (χ1v) is 10.3. The van der Waals surface area contributed by atoms with E-state index < -0.39 is 0 Å². The van der Waals surface area contributed by atoms with Crippen LogP contribution in [0.1, 0.15) is 42.3 Å². The molecule has 1 unspecified atom stereocenters. The number of nitrogens with zero attached hydrogens (tertiary/aromatic N) is 2. The van der Waals surface area contributed by atoms with E-state index in [0.29, 0.717) is 6.42 Å². The molecule has 1 amide bonds. The first kappa shape index (κ1) is 18.0. The van der Waals surface area contributed by atoms with Crippen LogP contribution in [0.5, 0.6) is 5.75 Å². The van der Waals surface area contributed by atoms with Crippen LogP contribution < -0.4 is 4.74 Å². The highest BCUT2D eigenvalue weighted by molar-refractivity contribution is 7.18. The number of thiazole rings is 1. The molecule has 1 saturated heterocycles. The third-order valence-electron chi connectivity index (χ3n) is 5.18. The molecule has 2 aromatic carbocycles. The van der Waals surface area contributed by atoms with Crippen molar-refractivity contribution in [2.45, 2.75) is 38.1 Å². The summed E-state index contributed by atoms with van der Waals surface area (Å²) in [4.78, 5) is 19.9. The fraction of sp³-hybridized carbons (Fsp3) is 0.364. The van der Waals surface area contributed by atoms with E-state index in [-0.39, 0.29) is 11.9 Å². The molecule has 4 rings (SSSR count). The number of carbonyl (C=O) groups excluding carboxylic acids is 1. The minimum Gasteiger partial charge on any atom is -0.497 e. The minimum atomic E-state index is 0.119. The van der Waals surface area contributed by atoms with Crippen LogP contribution in [0.25, 0.3) is 10.2 Å². The molecule has 0 saturated carbocycles. The maximum Gasteiger partial charge on any atom is 0.223 e. The molecule has 0 aliphatic carbocycles. The summed E-state index contributed by atoms with van der Waals surface area (Å²) in [6, 6.07) is 16.3. The van der Waals surface area contributed by atoms with Crippen LogP contribution in [0, 0.1) is 0 Å². The number of ether oxygens (including phenoxy) is 1. The van der Waals surface area contributed by atoms with Crippen molar-refractivity contribution >= 4 is 27.5 Å². The number of carbonyl (C=O) groups is 1. The van der Waals surface area contributed by atoms with Gasteiger partial charge in [0.25, 0.3) is 0 Å². The summed E-state index contributed by atoms with van der Waals surface area (Å²) in [6.07, 6.45) is 4.49. The van der Waals surface area contributed by atoms with E-state index in [1.54, 1.807) is 18.4 Å². The number of aryl methyl sites for hydroxylation is 1. The lowest BCUT2D eigenvalue weighted by molar-refractivity contribution is -0.135. The Balaban J connectivity index is 1.48. The SMILES string of the molecule is COc1cccc(CCC(=O)N2CCCCC2c2nc3ccccc3s2)c1. The topological polar surface area (TPSA) is 42.4 Å². The molecular formula is C22H24N2O2S. The molecule has 1 atom stereocenters. The van der Waals surface area contributed by atoms with Gasteiger partial charge < -0.3 is 9.64 Å². The molecule has 1 fully saturated rings. The van der Waals surface area contributed by atoms with Crippen molar-refractivity contribution < 1.29 is 9.53 Å². The normalized spacial score (nSPS) is 17.2. The largest absolute Gasteiger partial charge is 0.497 e. The third kappa shape index (κ3) is 3.98. The van der Waals surface area contributed by atoms with Crippen LogP contribution in [0.15, 0.2) is 48.5 Å². The zero-order valence-corrected chi connectivity index (χ0v) is 16.4. The van der Waals surface area contributed by atoms with Crippen molar-refractivity contribution in [3.63, 3.8) is 0 Å². The molecule has 1 aromatic heterocycles. The van der Waals surface area contributed by atoms with Gasteiger partial charge in [0.1, 0.15) is 10.8 Å². The van der Waals surface area contributed by atoms with Crippen molar-refractivity contribution in [3.05, 3.63) is 59.1 Å². The van der Waals surface area contributed by atoms with E-state index in [1.165, 1.54) is 4.70 Å². The molecule has 0 bridgehead atoms. The van der Waals surface area contributed by atoms with Gasteiger partial charge in [-0.3, -0.25) is 4.79 Å². The van der Waals surface area contributed by atoms with Crippen molar-refractivity contribution in [2.75, 3.05) is 13.7 Å². The lowest BCUT2D eigenvalue weighted by Gasteiger charge is -2.34. The lowest BCUT2D eigenvalue weighted by Crippen LogP contribution is -2.38. The first-order valence-electron chi connectivity index (χ1n) is 9.52. The van der Waals surface area contributed by atoms with Gasteiger partial charge in [-0.1, -0.05) is 24.3 Å². The minimum absolute atomic E-state index is 0.119. The van der Waals surface area contributed by atoms with Gasteiger partial charge in [-0.05, 0) is 55.5 Å². The molecule has 27 heavy (non-hydrogen) atoms. The van der Waals surface area contributed by atoms with E-state index in [9.17, 15) is 4.79 Å². The zero-order chi connectivity index (χ0) is 18.6. The van der Waals surface area contributed by atoms with Crippen LogP contribution in [-0.4, -0.2) is 29.4 Å². The number of hydrogen-bond donors (Lipinski definition) is 0. The van der Waals surface area contributed by atoms with Crippen molar-refractivity contribution in [3.8, 4) is 5.75 Å². The molecular weight excluding hydrogens is 356 g/mol. The summed E-state index contributed by atoms with van der Waals surface area (Å²) < 4.78 is 6.48. The number of piperidine rings is 1. The quantitative estimate of drug-likeness (QED) is 0.626. The predicted molar refractivity (Wildman–Crippen MR) is 109 cm³/mol. The Bertz CT molecular complexity index is 904. The van der Waals surface area contributed by atoms with E-state index in [2.05, 4.69) is 17.0 Å². The Hall–Kier alpha value is -2.40. The van der Waals surface area contributed by atoms with Crippen LogP contribution in [0.4, 0.5) is 0 Å². The molecule has 0 spiro atoms. The van der Waals surface area contributed by atoms with Crippen molar-refractivity contribution in [1.82, 2.24) is 9.88 Å². The average Bonchev–Trinajstić information content (AvgIpc) is 3.16. The van der Waals surface area contributed by atoms with Gasteiger partial charge in [-0.2, -0.15) is 0 Å². The number of methoxy groups -OCH3 is 1. The second-order valence-electron chi connectivity index (χ2n) is 6.97. The van der Waals surface area contributed by atoms with E-state index in [1.807, 2.05) is 36.4 Å². The summed E-state index contributed by atoms with van der Waals surface area (Å²) in [6.45, 7) is 0.831. The summed E-state index contributed by atoms with van der Waals surface area (Å²) in [7, 11) is 1.67. The van der Waals surface area contributed by atoms with E-state index in [0.717, 1.165) is 54.1 Å². The number of para-hydroxylation sites is 1. The van der Waals surface area contributed by atoms with Gasteiger partial charge in [0, 0.05) is 13.0 Å². The van der Waals surface area contributed by atoms with Crippen LogP contribution in [-0.2, 0) is 11.2 Å². The molecule has 1 aliphatic heterocycles. The van der Waals surface area contributed by atoms with Crippen LogP contribution >= 0.6 is 11.3 Å². The first-order chi connectivity index (χ1) is 13.2. The van der Waals surface area contributed by atoms with E-state index in [4.69, 9.17) is 9.72 Å². The number of hydrogen-bond acceptors (Lipinski definition) is 4. The molecule has 0 radical (unpaired) electrons. The standard InChI is InChI=1S/C22H24N2O2S/c1-26-17-8-6-7-16(15-17)12-13-21(25)24-14-5-4-10-19(24)22-23-18-9-2-3-11-20(18)27-22/h2-3,6-9,11,15,19H,4-5,10,12-14H2,1H3. The van der Waals surface area contributed by atoms with E-state index >= 15 is 0 Å². The fourth-order valence-corrected chi connectivity index (χ4v) is 4.86. The second kappa shape index (κ2) is 8.09. The smallest absolute Gasteiger partial charge is 0.223 e. The second-order valence-corrected chi connectivity index (χ2v) is 8.03. The van der Waals surface area contributed by atoms with Gasteiger partial charge in [0.15, 0.2) is 0 Å². The third-order valence-corrected chi connectivity index (χ3v) is 6.32. The fourth-order valence-electron chi connectivity index (χ4n) is 3.74. The molecule has 1 aliphatic rings. The van der Waals surface area contributed by atoms with Gasteiger partial charge in [-0.15, -0.1) is 11.3 Å². The van der Waals surface area contributed by atoms with Crippen molar-refractivity contribution in [2.24, 2.45) is 0 Å². The number of benzene rings is 2. The zero-order valence-electron chi connectivity index (χ0n) is 15.6. The molecule has 140 valence electrons. The highest BCUT2D eigenvalue weighted by atomic mass is 32.1. The number of fused-ring (bicyclic) bond motifs is 1. The van der Waals surface area contributed by atoms with Gasteiger partial charge in [0.05, 0.1) is 23.4 Å². The van der Waals surface area contributed by atoms with Gasteiger partial charge in [-0.25, -0.2) is 4.98 Å². The average molecular weight is 381 g/mol. The summed E-state index contributed by atoms with van der Waals surface area (Å²) in [5.74, 6) is 1.06. The summed E-state index contributed by atoms with van der Waals surface area (Å²) >= 11 is 1.72. The number of aromatic nitrogens is 1. The highest BCUT2D eigenvalue weighted by Gasteiger charge is 2.30. The number of amides is 1. The number of rotatable bonds is 5. The van der Waals surface area contributed by atoms with Crippen molar-refractivity contribution in [1.29, 1.82) is 0 Å². The van der Waals surface area contributed by atoms with Gasteiger partial charge >= 0.3 is 0 Å². The molecule has 4 nitrogen and oxygen atoms in total. The molecule has 2 heterocycles. The Labute approximate surface area is 163 Å². The van der Waals surface area contributed by atoms with Crippen LogP contribution in [0.2, 0.25) is 0 Å². The number of likely N-dealkylation sites (tertiary alicyclic amines) is 1. The molecule has 5 heteroatoms. The lowest BCUT2D eigenvalue weighted by atomic mass is 10.0. The molecule has 0 N–H and O–H groups in total. The monoisotopic (exact) mass is 380 g/mol. The van der Waals surface area contributed by atoms with Crippen LogP contribution in [0.3, 0.4) is 0 Å². The summed E-state index contributed by atoms with van der Waals surface area (Å²) in [5, 5.41) is 1.07. The maximum atomic E-state index is 13.0. The Morgan fingerprint density at radius 1 is 1.22 bits per heavy atom. The highest BCUT2D eigenvalue weighted by Crippen LogP contribution is 2.36. The van der Waals surface area contributed by atoms with Gasteiger partial charge in [0.2, 0.25) is 5.91 Å². The summed E-state index contributed by atoms with van der Waals surface area (Å²) in [5.41, 5.74) is 2.17.